The topological polar surface area (TPSA) is 307 Å². The van der Waals surface area contributed by atoms with E-state index in [0.717, 1.165) is 5.52 Å². The summed E-state index contributed by atoms with van der Waals surface area (Å²) in [6, 6.07) is 34.9. The SMILES string of the molecule is CC(=O)c1n[nH]c2ccc(NC(=O)NCc3ccon3)cc12.CC(=O)c1nn(CC(=O)[C@@H]2C[C@H](F)C[C@@H]2C(=O)Nc2cccc(-c3ccccc3Cl)c2F)c2ccc(NC(=O)NCc3ccon3)cc12.O=C(Nc1cccc(-c2ccccc2Cl)c1F)C1C[C@@H](F)C[C@H]1C(=O)CBr. The molecule has 2 fully saturated rings. The van der Waals surface area contributed by atoms with Crippen molar-refractivity contribution in [2.75, 3.05) is 26.6 Å². The maximum absolute atomic E-state index is 15.5. The van der Waals surface area contributed by atoms with Crippen molar-refractivity contribution in [1.29, 1.82) is 0 Å². The van der Waals surface area contributed by atoms with E-state index >= 15 is 4.39 Å². The van der Waals surface area contributed by atoms with Crippen LogP contribution in [0.5, 0.6) is 0 Å². The number of amides is 6. The van der Waals surface area contributed by atoms with Crippen molar-refractivity contribution >= 4 is 131 Å². The average Bonchev–Trinajstić information content (AvgIpc) is 1.72. The van der Waals surface area contributed by atoms with E-state index in [0.29, 0.717) is 65.9 Å². The number of H-pyrrole nitrogens is 1. The van der Waals surface area contributed by atoms with Gasteiger partial charge in [-0.2, -0.15) is 10.2 Å². The highest BCUT2D eigenvalue weighted by Crippen LogP contribution is 2.40. The summed E-state index contributed by atoms with van der Waals surface area (Å²) in [6.07, 6.45) is -0.226. The van der Waals surface area contributed by atoms with Crippen molar-refractivity contribution in [3.63, 3.8) is 0 Å². The number of halogens is 7. The summed E-state index contributed by atoms with van der Waals surface area (Å²) in [5.74, 6) is -7.35. The molecule has 2 aliphatic carbocycles. The van der Waals surface area contributed by atoms with Crippen LogP contribution in [0.1, 0.15) is 71.9 Å². The van der Waals surface area contributed by atoms with Gasteiger partial charge in [0, 0.05) is 92.3 Å². The first-order chi connectivity index (χ1) is 46.6. The van der Waals surface area contributed by atoms with Gasteiger partial charge in [-0.25, -0.2) is 27.2 Å². The van der Waals surface area contributed by atoms with Crippen molar-refractivity contribution < 1.29 is 65.0 Å². The Bertz CT molecular complexity index is 4590. The van der Waals surface area contributed by atoms with Gasteiger partial charge in [0.25, 0.3) is 0 Å². The monoisotopic (exact) mass is 1430 g/mol. The van der Waals surface area contributed by atoms with E-state index in [-0.39, 0.29) is 102 Å². The van der Waals surface area contributed by atoms with Gasteiger partial charge in [0.2, 0.25) is 11.8 Å². The predicted molar refractivity (Wildman–Crippen MR) is 358 cm³/mol. The molecule has 6 aromatic carbocycles. The number of fused-ring (bicyclic) bond motifs is 2. The molecule has 4 heterocycles. The molecule has 7 N–H and O–H groups in total. The lowest BCUT2D eigenvalue weighted by Crippen LogP contribution is -2.32. The number of benzene rings is 6. The largest absolute Gasteiger partial charge is 0.364 e. The Balaban J connectivity index is 0.000000175. The molecule has 2 saturated carbocycles. The third kappa shape index (κ3) is 16.8. The Kier molecular flexibility index (Phi) is 22.5. The number of ketones is 4. The van der Waals surface area contributed by atoms with E-state index in [1.807, 2.05) is 0 Å². The van der Waals surface area contributed by atoms with Gasteiger partial charge >= 0.3 is 12.1 Å². The van der Waals surface area contributed by atoms with Crippen LogP contribution in [0.25, 0.3) is 44.1 Å². The molecular formula is C68H59BrCl2F4N12O10. The van der Waals surface area contributed by atoms with Crippen LogP contribution in [0, 0.1) is 35.3 Å². The van der Waals surface area contributed by atoms with Crippen LogP contribution in [-0.2, 0) is 38.8 Å². The van der Waals surface area contributed by atoms with Gasteiger partial charge in [0.05, 0.1) is 52.7 Å². The zero-order valence-corrected chi connectivity index (χ0v) is 54.5. The van der Waals surface area contributed by atoms with E-state index in [1.165, 1.54) is 49.3 Å². The Labute approximate surface area is 568 Å². The third-order valence-corrected chi connectivity index (χ3v) is 17.3. The molecule has 4 aromatic heterocycles. The Morgan fingerprint density at radius 2 is 1.02 bits per heavy atom. The lowest BCUT2D eigenvalue weighted by atomic mass is 9.91. The van der Waals surface area contributed by atoms with Gasteiger partial charge in [-0.1, -0.05) is 110 Å². The fraction of sp³-hybridized carbons (Fsp3) is 0.235. The van der Waals surface area contributed by atoms with Crippen molar-refractivity contribution in [1.82, 2.24) is 40.9 Å². The molecule has 0 bridgehead atoms. The number of nitrogens with one attached hydrogen (secondary N) is 7. The summed E-state index contributed by atoms with van der Waals surface area (Å²) in [4.78, 5) is 99.8. The minimum absolute atomic E-state index is 0.0185. The lowest BCUT2D eigenvalue weighted by molar-refractivity contribution is -0.130. The number of carbonyl (C=O) groups is 8. The molecule has 29 heteroatoms. The third-order valence-electron chi connectivity index (χ3n) is 16.1. The highest BCUT2D eigenvalue weighted by atomic mass is 79.9. The second kappa shape index (κ2) is 31.5. The van der Waals surface area contributed by atoms with Crippen LogP contribution in [0.15, 0.2) is 155 Å². The molecule has 0 radical (unpaired) electrons. The summed E-state index contributed by atoms with van der Waals surface area (Å²) >= 11 is 15.5. The molecule has 97 heavy (non-hydrogen) atoms. The first kappa shape index (κ1) is 69.4. The first-order valence-corrected chi connectivity index (χ1v) is 32.0. The highest BCUT2D eigenvalue weighted by molar-refractivity contribution is 9.09. The molecule has 22 nitrogen and oxygen atoms in total. The minimum Gasteiger partial charge on any atom is -0.364 e. The molecule has 0 aliphatic heterocycles. The molecule has 500 valence electrons. The average molecular weight is 1430 g/mol. The number of alkyl halides is 3. The van der Waals surface area contributed by atoms with Gasteiger partial charge in [-0.15, -0.1) is 0 Å². The molecule has 6 atom stereocenters. The number of urea groups is 2. The normalized spacial score (nSPS) is 17.0. The molecule has 0 spiro atoms. The van der Waals surface area contributed by atoms with Crippen LogP contribution in [0.2, 0.25) is 10.0 Å². The van der Waals surface area contributed by atoms with Gasteiger partial charge < -0.3 is 40.9 Å². The summed E-state index contributed by atoms with van der Waals surface area (Å²) in [5.41, 5.74) is 4.90. The predicted octanol–water partition coefficient (Wildman–Crippen LogP) is 14.1. The number of Topliss-reactive ketones (excluding diaryl/α,β-unsaturated/α-hetero) is 4. The van der Waals surface area contributed by atoms with E-state index < -0.39 is 71.3 Å². The minimum atomic E-state index is -1.42. The Hall–Kier alpha value is -10.4. The van der Waals surface area contributed by atoms with Crippen molar-refractivity contribution in [3.8, 4) is 22.3 Å². The number of aromatic nitrogens is 6. The Morgan fingerprint density at radius 1 is 0.557 bits per heavy atom. The van der Waals surface area contributed by atoms with E-state index in [9.17, 15) is 51.5 Å². The number of carbonyl (C=O) groups excluding carboxylic acids is 8. The quantitative estimate of drug-likeness (QED) is 0.0225. The number of aromatic amines is 1. The number of hydrogen-bond donors (Lipinski definition) is 7. The Morgan fingerprint density at radius 3 is 1.49 bits per heavy atom. The second-order valence-electron chi connectivity index (χ2n) is 22.7. The van der Waals surface area contributed by atoms with E-state index in [1.54, 1.807) is 115 Å². The fourth-order valence-corrected chi connectivity index (χ4v) is 12.3. The summed E-state index contributed by atoms with van der Waals surface area (Å²) in [6.45, 7) is 2.82. The maximum atomic E-state index is 15.5. The number of anilines is 4. The standard InChI is InChI=1S/C34H29ClF2N6O5.C20H17BrClF2NO2.C14H13N5O3/c1-18(44)32-26-15-20(39-34(47)38-16-21-11-12-48-42-21)9-10-29(26)43(41-32)17-30(45)24-13-19(36)14-25(24)33(46)40-28-8-4-6-23(31(28)37)22-5-2-3-7-27(22)35;21-10-18(26)14-8-11(23)9-15(14)20(27)25-17-7-3-5-13(19(17)24)12-4-1-2-6-16(12)22;1-8(20)13-11-6-9(2-3-12(11)17-18-13)16-14(21)15-7-10-4-5-22-19-10/h2-12,15,19,24-25H,13-14,16-17H2,1H3,(H,40,46)(H2,38,39,47);1-7,11,14-15H,8-10H2,(H,25,27);2-6H,7H2,1H3,(H,17,18)(H2,15,16,21)/t19-,24+,25-;11-,14+,15?;/m00./s1. The van der Waals surface area contributed by atoms with Crippen molar-refractivity contribution in [2.24, 2.45) is 23.7 Å². The van der Waals surface area contributed by atoms with Gasteiger partial charge in [0.1, 0.15) is 60.0 Å². The zero-order valence-electron chi connectivity index (χ0n) is 51.4. The van der Waals surface area contributed by atoms with Gasteiger partial charge in [-0.05, 0) is 86.3 Å². The van der Waals surface area contributed by atoms with Crippen molar-refractivity contribution in [3.05, 3.63) is 190 Å². The fourth-order valence-electron chi connectivity index (χ4n) is 11.4. The molecule has 10 aromatic rings. The number of rotatable bonds is 19. The van der Waals surface area contributed by atoms with Crippen LogP contribution in [0.4, 0.5) is 49.9 Å². The smallest absolute Gasteiger partial charge is 0.319 e. The molecule has 1 unspecified atom stereocenters. The van der Waals surface area contributed by atoms with Crippen molar-refractivity contribution in [2.45, 2.75) is 71.5 Å². The summed E-state index contributed by atoms with van der Waals surface area (Å²) in [7, 11) is 0. The number of nitrogens with zero attached hydrogens (tertiary/aromatic N) is 5. The first-order valence-electron chi connectivity index (χ1n) is 30.1. The maximum Gasteiger partial charge on any atom is 0.319 e. The molecule has 6 amide bonds. The molecule has 2 aliphatic rings. The zero-order chi connectivity index (χ0) is 69.0. The van der Waals surface area contributed by atoms with Crippen LogP contribution < -0.4 is 31.9 Å². The molecule has 0 saturated heterocycles. The van der Waals surface area contributed by atoms with E-state index in [4.69, 9.17) is 27.7 Å². The van der Waals surface area contributed by atoms with Crippen LogP contribution in [-0.4, -0.2) is 95.0 Å². The van der Waals surface area contributed by atoms with Gasteiger partial charge in [-0.3, -0.25) is 38.5 Å². The second-order valence-corrected chi connectivity index (χ2v) is 24.1. The molecular weight excluding hydrogens is 1370 g/mol. The highest BCUT2D eigenvalue weighted by Gasteiger charge is 2.44. The lowest BCUT2D eigenvalue weighted by Gasteiger charge is -2.19. The van der Waals surface area contributed by atoms with Gasteiger partial charge in [0.15, 0.2) is 29.0 Å². The summed E-state index contributed by atoms with van der Waals surface area (Å²) < 4.78 is 69.8. The van der Waals surface area contributed by atoms with Crippen LogP contribution >= 0.6 is 39.1 Å². The van der Waals surface area contributed by atoms with Crippen LogP contribution in [0.3, 0.4) is 0 Å². The molecule has 12 rings (SSSR count). The number of hydrogen-bond acceptors (Lipinski definition) is 14. The van der Waals surface area contributed by atoms with E-state index in [2.05, 4.69) is 78.0 Å². The summed E-state index contributed by atoms with van der Waals surface area (Å²) in [5, 5.41) is 36.1.